The number of hydrogen-bond acceptors (Lipinski definition) is 5. The Morgan fingerprint density at radius 3 is 2.38 bits per heavy atom. The number of ether oxygens (including phenoxy) is 1. The van der Waals surface area contributed by atoms with Gasteiger partial charge in [-0.15, -0.1) is 0 Å². The van der Waals surface area contributed by atoms with Gasteiger partial charge >= 0.3 is 0 Å². The molecule has 2 atom stereocenters. The smallest absolute Gasteiger partial charge is 0.243 e. The number of halogens is 1. The Hall–Kier alpha value is -0.700. The fraction of sp³-hybridized carbons (Fsp3) is 0.625. The molecule has 2 aliphatic heterocycles. The molecule has 134 valence electrons. The number of benzene rings is 1. The van der Waals surface area contributed by atoms with Crippen LogP contribution in [-0.4, -0.2) is 59.9 Å². The number of piperidine rings is 1. The lowest BCUT2D eigenvalue weighted by molar-refractivity contribution is -0.220. The molecule has 0 aromatic heterocycles. The molecule has 2 N–H and O–H groups in total. The lowest BCUT2D eigenvalue weighted by Gasteiger charge is -2.49. The molecular weight excluding hydrogens is 354 g/mol. The average molecular weight is 376 g/mol. The van der Waals surface area contributed by atoms with Crippen LogP contribution in [0.4, 0.5) is 0 Å². The van der Waals surface area contributed by atoms with Crippen molar-refractivity contribution in [2.75, 3.05) is 19.7 Å². The molecule has 0 unspecified atom stereocenters. The number of hydrogen-bond donors (Lipinski definition) is 2. The highest BCUT2D eigenvalue weighted by atomic mass is 35.5. The van der Waals surface area contributed by atoms with E-state index in [1.54, 1.807) is 19.1 Å². The Morgan fingerprint density at radius 2 is 1.83 bits per heavy atom. The number of aliphatic hydroxyl groups is 2. The molecule has 1 spiro atoms. The second-order valence-corrected chi connectivity index (χ2v) is 9.28. The molecule has 0 amide bonds. The van der Waals surface area contributed by atoms with E-state index in [4.69, 9.17) is 16.3 Å². The van der Waals surface area contributed by atoms with Gasteiger partial charge in [0, 0.05) is 24.5 Å². The molecule has 6 nitrogen and oxygen atoms in total. The summed E-state index contributed by atoms with van der Waals surface area (Å²) in [5.41, 5.74) is -1.79. The second-order valence-electron chi connectivity index (χ2n) is 6.90. The minimum atomic E-state index is -3.57. The molecular formula is C16H22ClNO5S. The third-order valence-electron chi connectivity index (χ3n) is 5.03. The largest absolute Gasteiger partial charge is 0.388 e. The minimum Gasteiger partial charge on any atom is -0.388 e. The maximum absolute atomic E-state index is 12.7. The first-order chi connectivity index (χ1) is 11.1. The molecule has 0 bridgehead atoms. The summed E-state index contributed by atoms with van der Waals surface area (Å²) < 4.78 is 32.6. The van der Waals surface area contributed by atoms with Crippen molar-refractivity contribution < 1.29 is 23.4 Å². The number of nitrogens with zero attached hydrogens (tertiary/aromatic N) is 1. The fourth-order valence-electron chi connectivity index (χ4n) is 3.47. The molecule has 3 rings (SSSR count). The second kappa shape index (κ2) is 6.23. The van der Waals surface area contributed by atoms with Gasteiger partial charge in [0.1, 0.15) is 6.10 Å². The molecule has 2 fully saturated rings. The van der Waals surface area contributed by atoms with Crippen LogP contribution >= 0.6 is 11.6 Å². The summed E-state index contributed by atoms with van der Waals surface area (Å²) in [6.45, 7) is 2.30. The summed E-state index contributed by atoms with van der Waals surface area (Å²) in [6.07, 6.45) is 0.362. The summed E-state index contributed by atoms with van der Waals surface area (Å²) in [5.74, 6) is 0. The molecule has 0 aliphatic carbocycles. The Balaban J connectivity index is 1.72. The van der Waals surface area contributed by atoms with Crippen LogP contribution in [0, 0.1) is 0 Å². The van der Waals surface area contributed by atoms with Gasteiger partial charge in [0.25, 0.3) is 0 Å². The zero-order chi connectivity index (χ0) is 17.6. The zero-order valence-corrected chi connectivity index (χ0v) is 15.1. The van der Waals surface area contributed by atoms with Crippen LogP contribution in [0.2, 0.25) is 5.02 Å². The van der Waals surface area contributed by atoms with E-state index in [-0.39, 0.29) is 11.5 Å². The molecule has 0 radical (unpaired) electrons. The zero-order valence-electron chi connectivity index (χ0n) is 13.5. The maximum Gasteiger partial charge on any atom is 0.243 e. The summed E-state index contributed by atoms with van der Waals surface area (Å²) in [6, 6.07) is 6.12. The van der Waals surface area contributed by atoms with Crippen LogP contribution in [0.25, 0.3) is 0 Å². The molecule has 2 aliphatic rings. The highest BCUT2D eigenvalue weighted by Crippen LogP contribution is 2.40. The summed E-state index contributed by atoms with van der Waals surface area (Å²) in [5, 5.41) is 20.6. The first-order valence-electron chi connectivity index (χ1n) is 7.95. The fourth-order valence-corrected chi connectivity index (χ4v) is 5.03. The van der Waals surface area contributed by atoms with E-state index in [1.165, 1.54) is 16.4 Å². The molecule has 1 aromatic rings. The van der Waals surface area contributed by atoms with Crippen LogP contribution in [0.1, 0.15) is 26.2 Å². The summed E-state index contributed by atoms with van der Waals surface area (Å²) >= 11 is 5.81. The average Bonchev–Trinajstić information content (AvgIpc) is 2.52. The molecule has 24 heavy (non-hydrogen) atoms. The topological polar surface area (TPSA) is 87.1 Å². The van der Waals surface area contributed by atoms with E-state index in [9.17, 15) is 18.6 Å². The third kappa shape index (κ3) is 3.34. The van der Waals surface area contributed by atoms with Gasteiger partial charge < -0.3 is 14.9 Å². The van der Waals surface area contributed by atoms with E-state index >= 15 is 0 Å². The Kier molecular flexibility index (Phi) is 4.70. The number of aliphatic hydroxyl groups excluding tert-OH is 1. The van der Waals surface area contributed by atoms with Gasteiger partial charge in [-0.1, -0.05) is 11.6 Å². The number of rotatable bonds is 2. The molecule has 1 aromatic carbocycles. The number of sulfonamides is 1. The Morgan fingerprint density at radius 1 is 1.25 bits per heavy atom. The minimum absolute atomic E-state index is 0.0664. The SMILES string of the molecule is C[C@]1(O)CC2(CCN(S(=O)(=O)c3ccc(Cl)cc3)CC2)OC[C@@H]1O. The van der Waals surface area contributed by atoms with Crippen molar-refractivity contribution in [1.29, 1.82) is 0 Å². The van der Waals surface area contributed by atoms with Gasteiger partial charge in [0.15, 0.2) is 0 Å². The predicted octanol–water partition coefficient (Wildman–Crippen LogP) is 1.40. The third-order valence-corrected chi connectivity index (χ3v) is 7.20. The van der Waals surface area contributed by atoms with E-state index in [1.807, 2.05) is 0 Å². The van der Waals surface area contributed by atoms with E-state index < -0.39 is 27.3 Å². The van der Waals surface area contributed by atoms with Crippen LogP contribution in [0.5, 0.6) is 0 Å². The van der Waals surface area contributed by atoms with Gasteiger partial charge in [-0.3, -0.25) is 0 Å². The van der Waals surface area contributed by atoms with Gasteiger partial charge in [-0.05, 0) is 44.0 Å². The predicted molar refractivity (Wildman–Crippen MR) is 89.4 cm³/mol. The van der Waals surface area contributed by atoms with E-state index in [0.29, 0.717) is 37.4 Å². The molecule has 2 saturated heterocycles. The van der Waals surface area contributed by atoms with Crippen molar-refractivity contribution in [3.63, 3.8) is 0 Å². The first kappa shape index (κ1) is 18.1. The van der Waals surface area contributed by atoms with Crippen molar-refractivity contribution in [2.45, 2.75) is 48.4 Å². The summed E-state index contributed by atoms with van der Waals surface area (Å²) in [7, 11) is -3.57. The Labute approximate surface area is 147 Å². The lowest BCUT2D eigenvalue weighted by atomic mass is 9.77. The van der Waals surface area contributed by atoms with Crippen molar-refractivity contribution >= 4 is 21.6 Å². The van der Waals surface area contributed by atoms with Crippen LogP contribution in [-0.2, 0) is 14.8 Å². The monoisotopic (exact) mass is 375 g/mol. The summed E-state index contributed by atoms with van der Waals surface area (Å²) in [4.78, 5) is 0.217. The normalized spacial score (nSPS) is 31.2. The van der Waals surface area contributed by atoms with Crippen molar-refractivity contribution in [3.8, 4) is 0 Å². The standard InChI is InChI=1S/C16H22ClNO5S/c1-15(20)11-16(23-10-14(15)19)6-8-18(9-7-16)24(21,22)13-4-2-12(17)3-5-13/h2-5,14,19-20H,6-11H2,1H3/t14-,15-/m0/s1. The van der Waals surface area contributed by atoms with Crippen molar-refractivity contribution in [2.24, 2.45) is 0 Å². The van der Waals surface area contributed by atoms with Crippen LogP contribution < -0.4 is 0 Å². The van der Waals surface area contributed by atoms with Crippen LogP contribution in [0.15, 0.2) is 29.2 Å². The first-order valence-corrected chi connectivity index (χ1v) is 9.77. The molecule has 8 heteroatoms. The van der Waals surface area contributed by atoms with Gasteiger partial charge in [0.2, 0.25) is 10.0 Å². The van der Waals surface area contributed by atoms with Crippen LogP contribution in [0.3, 0.4) is 0 Å². The Bertz CT molecular complexity index is 696. The van der Waals surface area contributed by atoms with Crippen molar-refractivity contribution in [3.05, 3.63) is 29.3 Å². The van der Waals surface area contributed by atoms with Gasteiger partial charge in [-0.25, -0.2) is 8.42 Å². The highest BCUT2D eigenvalue weighted by Gasteiger charge is 2.49. The van der Waals surface area contributed by atoms with E-state index in [0.717, 1.165) is 0 Å². The maximum atomic E-state index is 12.7. The van der Waals surface area contributed by atoms with Gasteiger partial charge in [-0.2, -0.15) is 4.31 Å². The van der Waals surface area contributed by atoms with Gasteiger partial charge in [0.05, 0.1) is 22.7 Å². The lowest BCUT2D eigenvalue weighted by Crippen LogP contribution is -2.59. The van der Waals surface area contributed by atoms with E-state index in [2.05, 4.69) is 0 Å². The molecule has 0 saturated carbocycles. The van der Waals surface area contributed by atoms with Crippen molar-refractivity contribution in [1.82, 2.24) is 4.31 Å². The highest BCUT2D eigenvalue weighted by molar-refractivity contribution is 7.89. The quantitative estimate of drug-likeness (QED) is 0.815. The molecule has 2 heterocycles.